The molecule has 2 N–H and O–H groups in total. The zero-order valence-corrected chi connectivity index (χ0v) is 15.2. The second kappa shape index (κ2) is 6.41. The number of methoxy groups -OCH3 is 2. The van der Waals surface area contributed by atoms with Crippen LogP contribution in [0.15, 0.2) is 38.5 Å². The average molecular weight is 409 g/mol. The van der Waals surface area contributed by atoms with Crippen LogP contribution < -0.4 is 9.47 Å². The number of phenols is 2. The molecule has 0 atom stereocenters. The van der Waals surface area contributed by atoms with Crippen LogP contribution >= 0.6 is 27.7 Å². The Morgan fingerprint density at radius 1 is 1.12 bits per heavy atom. The Balaban J connectivity index is 2.07. The fraction of sp³-hybridized carbons (Fsp3) is 0.118. The number of benzene rings is 2. The molecule has 24 heavy (non-hydrogen) atoms. The van der Waals surface area contributed by atoms with Crippen LogP contribution in [0.5, 0.6) is 23.0 Å². The molecule has 2 aromatic rings. The first-order valence-electron chi connectivity index (χ1n) is 6.87. The lowest BCUT2D eigenvalue weighted by atomic mass is 10.1. The molecule has 0 amide bonds. The molecule has 1 aliphatic heterocycles. The van der Waals surface area contributed by atoms with E-state index >= 15 is 0 Å². The van der Waals surface area contributed by atoms with Crippen molar-refractivity contribution in [2.45, 2.75) is 4.90 Å². The van der Waals surface area contributed by atoms with Crippen LogP contribution in [-0.4, -0.2) is 30.2 Å². The van der Waals surface area contributed by atoms with E-state index in [0.717, 1.165) is 0 Å². The largest absolute Gasteiger partial charge is 0.507 e. The van der Waals surface area contributed by atoms with E-state index in [1.807, 2.05) is 0 Å². The number of rotatable bonds is 3. The molecule has 0 bridgehead atoms. The summed E-state index contributed by atoms with van der Waals surface area (Å²) >= 11 is 4.44. The Labute approximate surface area is 151 Å². The van der Waals surface area contributed by atoms with Gasteiger partial charge in [-0.1, -0.05) is 11.8 Å². The third kappa shape index (κ3) is 2.74. The van der Waals surface area contributed by atoms with Gasteiger partial charge >= 0.3 is 0 Å². The minimum atomic E-state index is -0.217. The average Bonchev–Trinajstić information content (AvgIpc) is 2.89. The van der Waals surface area contributed by atoms with Crippen molar-refractivity contribution in [1.82, 2.24) is 0 Å². The van der Waals surface area contributed by atoms with Gasteiger partial charge in [0.05, 0.1) is 34.1 Å². The first kappa shape index (κ1) is 16.7. The SMILES string of the molecule is COc1cc(/C=C2\Sc3c(O)ccc(OC)c3C2=O)cc(Br)c1O. The minimum Gasteiger partial charge on any atom is -0.507 e. The third-order valence-corrected chi connectivity index (χ3v) is 5.29. The summed E-state index contributed by atoms with van der Waals surface area (Å²) in [5, 5.41) is 19.9. The maximum absolute atomic E-state index is 12.7. The molecule has 2 aromatic carbocycles. The molecule has 0 spiro atoms. The number of carbonyl (C=O) groups excluding carboxylic acids is 1. The maximum Gasteiger partial charge on any atom is 0.204 e. The van der Waals surface area contributed by atoms with Gasteiger partial charge in [0.25, 0.3) is 0 Å². The summed E-state index contributed by atoms with van der Waals surface area (Å²) in [5.41, 5.74) is 1.04. The summed E-state index contributed by atoms with van der Waals surface area (Å²) in [4.78, 5) is 13.6. The van der Waals surface area contributed by atoms with Crippen molar-refractivity contribution in [2.24, 2.45) is 0 Å². The number of thioether (sulfide) groups is 1. The van der Waals surface area contributed by atoms with Crippen LogP contribution in [0.2, 0.25) is 0 Å². The van der Waals surface area contributed by atoms with Gasteiger partial charge in [-0.15, -0.1) is 0 Å². The topological polar surface area (TPSA) is 76.0 Å². The van der Waals surface area contributed by atoms with Crippen LogP contribution in [-0.2, 0) is 0 Å². The lowest BCUT2D eigenvalue weighted by Gasteiger charge is -2.07. The molecule has 7 heteroatoms. The van der Waals surface area contributed by atoms with Crippen molar-refractivity contribution in [2.75, 3.05) is 14.2 Å². The molecule has 0 fully saturated rings. The van der Waals surface area contributed by atoms with Gasteiger partial charge in [-0.05, 0) is 51.8 Å². The molecule has 0 saturated carbocycles. The van der Waals surface area contributed by atoms with E-state index in [2.05, 4.69) is 15.9 Å². The van der Waals surface area contributed by atoms with E-state index in [9.17, 15) is 15.0 Å². The minimum absolute atomic E-state index is 0.00680. The molecule has 0 aromatic heterocycles. The van der Waals surface area contributed by atoms with Crippen LogP contribution in [0.1, 0.15) is 15.9 Å². The molecule has 0 unspecified atom stereocenters. The molecule has 0 aliphatic carbocycles. The third-order valence-electron chi connectivity index (χ3n) is 3.55. The number of hydrogen-bond acceptors (Lipinski definition) is 6. The summed E-state index contributed by atoms with van der Waals surface area (Å²) in [6, 6.07) is 6.37. The highest BCUT2D eigenvalue weighted by molar-refractivity contribution is 9.10. The Kier molecular flexibility index (Phi) is 4.47. The predicted molar refractivity (Wildman–Crippen MR) is 95.2 cm³/mol. The number of phenolic OH excluding ortho intramolecular Hbond substituents is 2. The van der Waals surface area contributed by atoms with Gasteiger partial charge in [0.2, 0.25) is 5.78 Å². The normalized spacial score (nSPS) is 14.8. The highest BCUT2D eigenvalue weighted by Gasteiger charge is 2.32. The van der Waals surface area contributed by atoms with Gasteiger partial charge in [0, 0.05) is 0 Å². The number of hydrogen-bond donors (Lipinski definition) is 2. The Morgan fingerprint density at radius 2 is 1.83 bits per heavy atom. The summed E-state index contributed by atoms with van der Waals surface area (Å²) in [7, 11) is 2.93. The smallest absolute Gasteiger partial charge is 0.204 e. The standard InChI is InChI=1S/C17H13BrO5S/c1-22-11-4-3-10(19)17-14(11)16(21)13(24-17)7-8-5-9(18)15(20)12(6-8)23-2/h3-7,19-20H,1-2H3/b13-7-. The molecule has 0 radical (unpaired) electrons. The molecular formula is C17H13BrO5S. The van der Waals surface area contributed by atoms with Crippen LogP contribution in [0.25, 0.3) is 6.08 Å². The van der Waals surface area contributed by atoms with Gasteiger partial charge in [-0.3, -0.25) is 4.79 Å². The number of halogens is 1. The molecule has 5 nitrogen and oxygen atoms in total. The molecule has 3 rings (SSSR count). The van der Waals surface area contributed by atoms with E-state index in [0.29, 0.717) is 36.9 Å². The molecule has 0 saturated heterocycles. The van der Waals surface area contributed by atoms with E-state index < -0.39 is 0 Å². The zero-order valence-electron chi connectivity index (χ0n) is 12.8. The monoisotopic (exact) mass is 408 g/mol. The van der Waals surface area contributed by atoms with Crippen LogP contribution in [0, 0.1) is 0 Å². The highest BCUT2D eigenvalue weighted by atomic mass is 79.9. The van der Waals surface area contributed by atoms with E-state index in [1.54, 1.807) is 24.3 Å². The summed E-state index contributed by atoms with van der Waals surface area (Å²) in [5.74, 6) is 0.536. The molecule has 1 aliphatic rings. The highest BCUT2D eigenvalue weighted by Crippen LogP contribution is 2.49. The fourth-order valence-corrected chi connectivity index (χ4v) is 3.94. The lowest BCUT2D eigenvalue weighted by Crippen LogP contribution is -1.98. The van der Waals surface area contributed by atoms with Crippen molar-refractivity contribution in [3.63, 3.8) is 0 Å². The van der Waals surface area contributed by atoms with Crippen molar-refractivity contribution < 1.29 is 24.5 Å². The van der Waals surface area contributed by atoms with Crippen LogP contribution in [0.4, 0.5) is 0 Å². The number of carbonyl (C=O) groups is 1. The molecule has 124 valence electrons. The maximum atomic E-state index is 12.7. The van der Waals surface area contributed by atoms with Crippen molar-refractivity contribution in [1.29, 1.82) is 0 Å². The second-order valence-electron chi connectivity index (χ2n) is 4.98. The fourth-order valence-electron chi connectivity index (χ4n) is 2.40. The Morgan fingerprint density at radius 3 is 2.50 bits per heavy atom. The number of fused-ring (bicyclic) bond motifs is 1. The Bertz CT molecular complexity index is 876. The number of ketones is 1. The lowest BCUT2D eigenvalue weighted by molar-refractivity contribution is 0.104. The number of aromatic hydroxyl groups is 2. The van der Waals surface area contributed by atoms with Crippen LogP contribution in [0.3, 0.4) is 0 Å². The van der Waals surface area contributed by atoms with Crippen molar-refractivity contribution >= 4 is 39.6 Å². The van der Waals surface area contributed by atoms with E-state index in [4.69, 9.17) is 9.47 Å². The first-order valence-corrected chi connectivity index (χ1v) is 8.48. The number of ether oxygens (including phenoxy) is 2. The molecule has 1 heterocycles. The molecular weight excluding hydrogens is 396 g/mol. The van der Waals surface area contributed by atoms with Gasteiger partial charge in [0.15, 0.2) is 11.5 Å². The van der Waals surface area contributed by atoms with Crippen molar-refractivity contribution in [3.8, 4) is 23.0 Å². The summed E-state index contributed by atoms with van der Waals surface area (Å²) < 4.78 is 10.8. The summed E-state index contributed by atoms with van der Waals surface area (Å²) in [6.45, 7) is 0. The number of Topliss-reactive ketones (excluding diaryl/α,β-unsaturated/α-hetero) is 1. The van der Waals surface area contributed by atoms with E-state index in [-0.39, 0.29) is 17.3 Å². The van der Waals surface area contributed by atoms with Crippen molar-refractivity contribution in [3.05, 3.63) is 44.8 Å². The van der Waals surface area contributed by atoms with Gasteiger partial charge in [-0.25, -0.2) is 0 Å². The first-order chi connectivity index (χ1) is 11.5. The van der Waals surface area contributed by atoms with E-state index in [1.165, 1.54) is 32.0 Å². The zero-order chi connectivity index (χ0) is 17.4. The quantitative estimate of drug-likeness (QED) is 0.740. The Hall–Kier alpha value is -2.12. The van der Waals surface area contributed by atoms with Gasteiger partial charge in [0.1, 0.15) is 11.5 Å². The summed E-state index contributed by atoms with van der Waals surface area (Å²) in [6.07, 6.45) is 1.68. The van der Waals surface area contributed by atoms with Gasteiger partial charge < -0.3 is 19.7 Å². The second-order valence-corrected chi connectivity index (χ2v) is 6.89. The predicted octanol–water partition coefficient (Wildman–Crippen LogP) is 4.21. The van der Waals surface area contributed by atoms with Gasteiger partial charge in [-0.2, -0.15) is 0 Å². The number of allylic oxidation sites excluding steroid dienone is 1.